The molecule has 216 valence electrons. The zero-order valence-electron chi connectivity index (χ0n) is 25.1. The lowest BCUT2D eigenvalue weighted by atomic mass is 9.75. The highest BCUT2D eigenvalue weighted by Crippen LogP contribution is 2.39. The summed E-state index contributed by atoms with van der Waals surface area (Å²) in [5.74, 6) is 2.97. The van der Waals surface area contributed by atoms with Crippen LogP contribution in [-0.2, 0) is 4.79 Å². The van der Waals surface area contributed by atoms with Gasteiger partial charge in [0.2, 0.25) is 0 Å². The molecule has 0 amide bonds. The van der Waals surface area contributed by atoms with Crippen LogP contribution in [0.5, 0.6) is 0 Å². The van der Waals surface area contributed by atoms with E-state index in [1.807, 2.05) is 6.92 Å². The van der Waals surface area contributed by atoms with Gasteiger partial charge in [-0.05, 0) is 104 Å². The van der Waals surface area contributed by atoms with Crippen molar-refractivity contribution in [2.45, 2.75) is 123 Å². The molecule has 2 N–H and O–H groups in total. The molecule has 0 bridgehead atoms. The van der Waals surface area contributed by atoms with E-state index in [9.17, 15) is 9.90 Å². The summed E-state index contributed by atoms with van der Waals surface area (Å²) in [6.45, 7) is 10.1. The Kier molecular flexibility index (Phi) is 19.1. The highest BCUT2D eigenvalue weighted by molar-refractivity contribution is 5.71. The van der Waals surface area contributed by atoms with Crippen molar-refractivity contribution in [3.63, 3.8) is 0 Å². The minimum Gasteiger partial charge on any atom is -0.400 e. The smallest absolute Gasteiger partial charge is 0.145 e. The molecule has 38 heavy (non-hydrogen) atoms. The number of unbranched alkanes of at least 4 members (excludes halogenated alkanes) is 4. The minimum atomic E-state index is 0.344. The van der Waals surface area contributed by atoms with Crippen molar-refractivity contribution < 1.29 is 15.0 Å². The van der Waals surface area contributed by atoms with Gasteiger partial charge in [-0.1, -0.05) is 96.2 Å². The van der Waals surface area contributed by atoms with E-state index in [1.54, 1.807) is 11.1 Å². The highest BCUT2D eigenvalue weighted by Gasteiger charge is 2.23. The summed E-state index contributed by atoms with van der Waals surface area (Å²) >= 11 is 0. The molecule has 2 atom stereocenters. The topological polar surface area (TPSA) is 57.5 Å². The molecule has 1 aromatic carbocycles. The maximum atomic E-state index is 9.64. The van der Waals surface area contributed by atoms with E-state index in [0.717, 1.165) is 37.6 Å². The number of hydrogen-bond acceptors (Lipinski definition) is 3. The molecule has 2 aliphatic rings. The van der Waals surface area contributed by atoms with Gasteiger partial charge in [-0.25, -0.2) is 0 Å². The first-order valence-corrected chi connectivity index (χ1v) is 15.5. The first-order chi connectivity index (χ1) is 18.5. The predicted molar refractivity (Wildman–Crippen MR) is 164 cm³/mol. The van der Waals surface area contributed by atoms with Crippen LogP contribution in [0.2, 0.25) is 0 Å². The van der Waals surface area contributed by atoms with E-state index in [-0.39, 0.29) is 0 Å². The van der Waals surface area contributed by atoms with Crippen molar-refractivity contribution in [2.75, 3.05) is 13.7 Å². The molecule has 3 rings (SSSR count). The fourth-order valence-corrected chi connectivity index (χ4v) is 5.88. The first-order valence-electron chi connectivity index (χ1n) is 15.5. The Morgan fingerprint density at radius 2 is 1.63 bits per heavy atom. The number of carbonyl (C=O) groups excluding carboxylic acids is 1. The van der Waals surface area contributed by atoms with Gasteiger partial charge in [0.1, 0.15) is 6.29 Å². The van der Waals surface area contributed by atoms with Gasteiger partial charge in [-0.3, -0.25) is 4.79 Å². The molecule has 0 heterocycles. The third kappa shape index (κ3) is 13.4. The third-order valence-corrected chi connectivity index (χ3v) is 8.50. The maximum Gasteiger partial charge on any atom is 0.145 e. The summed E-state index contributed by atoms with van der Waals surface area (Å²) in [5, 5.41) is 16.3. The molecule has 0 aliphatic heterocycles. The van der Waals surface area contributed by atoms with Crippen LogP contribution >= 0.6 is 0 Å². The molecule has 0 aromatic heterocycles. The molecule has 3 nitrogen and oxygen atoms in total. The molecule has 2 unspecified atom stereocenters. The minimum absolute atomic E-state index is 0.344. The molecule has 1 saturated carbocycles. The molecule has 0 saturated heterocycles. The number of aliphatic hydroxyl groups is 2. The standard InChI is InChI=1S/C29H46O.C5H8O.CH4O/c1-3-4-5-6-7-8-24-9-13-26(14-10-24)28-17-19-29(20-18-28)27-15-11-25(12-16-27)21-23(2)22-30;1-3-5(2)4-6;1-2/h13,17-20,23-25,27,30H,3-12,14-16,21-22H2,1-2H3;4H,2-3H2,1H3;2H,1H3. The van der Waals surface area contributed by atoms with E-state index in [1.165, 1.54) is 95.5 Å². The molecular formula is C35H58O3. The number of hydrogen-bond donors (Lipinski definition) is 2. The molecule has 1 aromatic rings. The van der Waals surface area contributed by atoms with E-state index in [2.05, 4.69) is 50.8 Å². The average molecular weight is 527 g/mol. The molecule has 0 radical (unpaired) electrons. The summed E-state index contributed by atoms with van der Waals surface area (Å²) in [6.07, 6.45) is 23.1. The quantitative estimate of drug-likeness (QED) is 0.153. The highest BCUT2D eigenvalue weighted by atomic mass is 16.3. The van der Waals surface area contributed by atoms with E-state index >= 15 is 0 Å². The van der Waals surface area contributed by atoms with Gasteiger partial charge >= 0.3 is 0 Å². The Bertz CT molecular complexity index is 771. The summed E-state index contributed by atoms with van der Waals surface area (Å²) < 4.78 is 0. The number of aldehydes is 1. The van der Waals surface area contributed by atoms with E-state index in [0.29, 0.717) is 18.1 Å². The van der Waals surface area contributed by atoms with Gasteiger partial charge < -0.3 is 10.2 Å². The van der Waals surface area contributed by atoms with E-state index < -0.39 is 0 Å². The first kappa shape index (κ1) is 34.3. The monoisotopic (exact) mass is 526 g/mol. The second-order valence-electron chi connectivity index (χ2n) is 11.6. The average Bonchev–Trinajstić information content (AvgIpc) is 2.98. The summed E-state index contributed by atoms with van der Waals surface area (Å²) in [4.78, 5) is 9.64. The number of carbonyl (C=O) groups is 1. The van der Waals surface area contributed by atoms with Gasteiger partial charge in [-0.15, -0.1) is 0 Å². The summed E-state index contributed by atoms with van der Waals surface area (Å²) in [5.41, 5.74) is 5.26. The fraction of sp³-hybridized carbons (Fsp3) is 0.686. The zero-order valence-corrected chi connectivity index (χ0v) is 25.1. The SMILES string of the molecule is C=C(C=O)CC.CCCCCCCC1CC=C(c2ccc(C3CCC(CC(C)CO)CC3)cc2)CC1.CO. The number of aliphatic hydroxyl groups excluding tert-OH is 2. The van der Waals surface area contributed by atoms with E-state index in [4.69, 9.17) is 5.11 Å². The fourth-order valence-electron chi connectivity index (χ4n) is 5.88. The lowest BCUT2D eigenvalue weighted by molar-refractivity contribution is -0.105. The lowest BCUT2D eigenvalue weighted by Gasteiger charge is -2.30. The van der Waals surface area contributed by atoms with Crippen LogP contribution in [0.4, 0.5) is 0 Å². The van der Waals surface area contributed by atoms with Gasteiger partial charge in [-0.2, -0.15) is 0 Å². The number of allylic oxidation sites excluding steroid dienone is 3. The zero-order chi connectivity index (χ0) is 28.2. The van der Waals surface area contributed by atoms with Crippen LogP contribution in [0, 0.1) is 17.8 Å². The van der Waals surface area contributed by atoms with Crippen LogP contribution in [-0.4, -0.2) is 30.2 Å². The van der Waals surface area contributed by atoms with Crippen LogP contribution < -0.4 is 0 Å². The van der Waals surface area contributed by atoms with Crippen LogP contribution in [0.25, 0.3) is 5.57 Å². The predicted octanol–water partition coefficient (Wildman–Crippen LogP) is 9.28. The van der Waals surface area contributed by atoms with Crippen molar-refractivity contribution in [2.24, 2.45) is 17.8 Å². The maximum absolute atomic E-state index is 9.64. The molecule has 0 spiro atoms. The van der Waals surface area contributed by atoms with Crippen LogP contribution in [0.1, 0.15) is 134 Å². The van der Waals surface area contributed by atoms with Crippen LogP contribution in [0.15, 0.2) is 42.5 Å². The molecular weight excluding hydrogens is 468 g/mol. The Morgan fingerprint density at radius 3 is 2.13 bits per heavy atom. The number of benzene rings is 1. The normalized spacial score (nSPS) is 21.6. The van der Waals surface area contributed by atoms with Crippen molar-refractivity contribution >= 4 is 11.9 Å². The van der Waals surface area contributed by atoms with Gasteiger partial charge in [0.05, 0.1) is 0 Å². The Hall–Kier alpha value is -1.71. The molecule has 1 fully saturated rings. The number of rotatable bonds is 13. The Morgan fingerprint density at radius 1 is 0.974 bits per heavy atom. The van der Waals surface area contributed by atoms with Crippen molar-refractivity contribution in [1.29, 1.82) is 0 Å². The summed E-state index contributed by atoms with van der Waals surface area (Å²) in [7, 11) is 1.00. The Labute approximate surface area is 234 Å². The van der Waals surface area contributed by atoms with Crippen molar-refractivity contribution in [1.82, 2.24) is 0 Å². The van der Waals surface area contributed by atoms with Gasteiger partial charge in [0.15, 0.2) is 0 Å². The lowest BCUT2D eigenvalue weighted by Crippen LogP contribution is -2.17. The van der Waals surface area contributed by atoms with Gasteiger partial charge in [0.25, 0.3) is 0 Å². The third-order valence-electron chi connectivity index (χ3n) is 8.50. The second-order valence-corrected chi connectivity index (χ2v) is 11.6. The second kappa shape index (κ2) is 21.2. The molecule has 3 heteroatoms. The van der Waals surface area contributed by atoms with Crippen molar-refractivity contribution in [3.8, 4) is 0 Å². The largest absolute Gasteiger partial charge is 0.400 e. The van der Waals surface area contributed by atoms with Gasteiger partial charge in [0, 0.05) is 13.7 Å². The molecule has 2 aliphatic carbocycles. The van der Waals surface area contributed by atoms with Crippen LogP contribution in [0.3, 0.4) is 0 Å². The van der Waals surface area contributed by atoms with Crippen molar-refractivity contribution in [3.05, 3.63) is 53.6 Å². The summed E-state index contributed by atoms with van der Waals surface area (Å²) in [6, 6.07) is 9.62. The Balaban J connectivity index is 0.000000795.